The number of anilines is 1. The molecule has 2 aromatic rings. The fourth-order valence-corrected chi connectivity index (χ4v) is 5.20. The van der Waals surface area contributed by atoms with Crippen molar-refractivity contribution in [3.05, 3.63) is 30.5 Å². The van der Waals surface area contributed by atoms with E-state index in [1.54, 1.807) is 6.07 Å². The van der Waals surface area contributed by atoms with Crippen molar-refractivity contribution in [2.45, 2.75) is 19.5 Å². The fourth-order valence-electron chi connectivity index (χ4n) is 2.32. The highest BCUT2D eigenvalue weighted by atomic mass is 31.2. The maximum absolute atomic E-state index is 13.4. The Kier molecular flexibility index (Phi) is 2.32. The van der Waals surface area contributed by atoms with Crippen molar-refractivity contribution < 1.29 is 13.7 Å². The molecule has 4 nitrogen and oxygen atoms in total. The van der Waals surface area contributed by atoms with E-state index in [9.17, 15) is 4.57 Å². The summed E-state index contributed by atoms with van der Waals surface area (Å²) >= 11 is 0. The molecule has 1 aliphatic heterocycles. The Labute approximate surface area is 105 Å². The van der Waals surface area contributed by atoms with Crippen LogP contribution in [0.4, 0.5) is 5.69 Å². The lowest BCUT2D eigenvalue weighted by atomic mass is 10.3. The van der Waals surface area contributed by atoms with Crippen LogP contribution >= 0.6 is 7.14 Å². The van der Waals surface area contributed by atoms with E-state index < -0.39 is 7.14 Å². The molecular formula is C13H14NO3P. The molecule has 0 amide bonds. The Balaban J connectivity index is 2.37. The van der Waals surface area contributed by atoms with Gasteiger partial charge in [-0.1, -0.05) is 26.0 Å². The third-order valence-corrected chi connectivity index (χ3v) is 6.89. The number of hydrogen-bond donors (Lipinski definition) is 1. The van der Waals surface area contributed by atoms with Crippen molar-refractivity contribution in [1.82, 2.24) is 0 Å². The third kappa shape index (κ3) is 1.30. The third-order valence-electron chi connectivity index (χ3n) is 3.24. The molecule has 1 atom stereocenters. The van der Waals surface area contributed by atoms with Gasteiger partial charge in [0, 0.05) is 5.66 Å². The Morgan fingerprint density at radius 2 is 2.00 bits per heavy atom. The minimum atomic E-state index is -2.80. The lowest BCUT2D eigenvalue weighted by molar-refractivity contribution is 0.349. The van der Waals surface area contributed by atoms with Crippen LogP contribution in [0, 0.1) is 0 Å². The first-order valence-corrected chi connectivity index (χ1v) is 7.57. The standard InChI is InChI=1S/C13H14NO3P/c1-8(2)18(15)11-6-4-3-5-10(11)17-13-12(18)9(14)7-16-13/h3-8H,14H2,1-2H3. The summed E-state index contributed by atoms with van der Waals surface area (Å²) < 4.78 is 24.3. The van der Waals surface area contributed by atoms with Gasteiger partial charge >= 0.3 is 5.95 Å². The molecule has 1 aromatic carbocycles. The first-order valence-electron chi connectivity index (χ1n) is 5.80. The topological polar surface area (TPSA) is 65.5 Å². The van der Waals surface area contributed by atoms with Crippen molar-refractivity contribution in [2.24, 2.45) is 0 Å². The highest BCUT2D eigenvalue weighted by Gasteiger charge is 2.43. The monoisotopic (exact) mass is 263 g/mol. The number of fused-ring (bicyclic) bond motifs is 2. The zero-order valence-corrected chi connectivity index (χ0v) is 11.1. The van der Waals surface area contributed by atoms with Crippen LogP contribution in [-0.4, -0.2) is 5.66 Å². The Bertz CT molecular complexity index is 660. The summed E-state index contributed by atoms with van der Waals surface area (Å²) in [4.78, 5) is 0. The van der Waals surface area contributed by atoms with Crippen LogP contribution in [-0.2, 0) is 4.57 Å². The number of nitrogens with two attached hydrogens (primary N) is 1. The summed E-state index contributed by atoms with van der Waals surface area (Å²) in [6, 6.07) is 7.34. The van der Waals surface area contributed by atoms with Gasteiger partial charge in [0.05, 0.1) is 11.0 Å². The Morgan fingerprint density at radius 1 is 1.28 bits per heavy atom. The maximum atomic E-state index is 13.4. The molecule has 0 aliphatic carbocycles. The molecule has 0 radical (unpaired) electrons. The van der Waals surface area contributed by atoms with Crippen LogP contribution in [0.5, 0.6) is 11.7 Å². The van der Waals surface area contributed by atoms with Gasteiger partial charge in [-0.25, -0.2) is 0 Å². The van der Waals surface area contributed by atoms with Crippen LogP contribution in [0.15, 0.2) is 34.9 Å². The van der Waals surface area contributed by atoms with E-state index in [1.165, 1.54) is 6.26 Å². The average Bonchev–Trinajstić information content (AvgIpc) is 2.71. The quantitative estimate of drug-likeness (QED) is 0.803. The molecule has 3 rings (SSSR count). The van der Waals surface area contributed by atoms with Crippen molar-refractivity contribution in [3.63, 3.8) is 0 Å². The normalized spacial score (nSPS) is 21.3. The van der Waals surface area contributed by atoms with E-state index in [0.717, 1.165) is 5.30 Å². The second-order valence-electron chi connectivity index (χ2n) is 4.65. The fraction of sp³-hybridized carbons (Fsp3) is 0.231. The second kappa shape index (κ2) is 3.66. The summed E-state index contributed by atoms with van der Waals surface area (Å²) in [5.41, 5.74) is 6.23. The molecular weight excluding hydrogens is 249 g/mol. The van der Waals surface area contributed by atoms with E-state index in [-0.39, 0.29) is 11.6 Å². The number of furan rings is 1. The molecule has 0 fully saturated rings. The number of benzene rings is 1. The molecule has 18 heavy (non-hydrogen) atoms. The van der Waals surface area contributed by atoms with E-state index in [4.69, 9.17) is 14.9 Å². The first-order chi connectivity index (χ1) is 8.55. The minimum absolute atomic E-state index is 0.0544. The van der Waals surface area contributed by atoms with Gasteiger partial charge in [0.15, 0.2) is 7.14 Å². The van der Waals surface area contributed by atoms with Gasteiger partial charge in [-0.05, 0) is 12.1 Å². The molecule has 2 heterocycles. The van der Waals surface area contributed by atoms with E-state index >= 15 is 0 Å². The summed E-state index contributed by atoms with van der Waals surface area (Å²) in [7, 11) is -2.80. The number of para-hydroxylation sites is 1. The Hall–Kier alpha value is -1.67. The summed E-state index contributed by atoms with van der Waals surface area (Å²) in [5.74, 6) is 0.861. The van der Waals surface area contributed by atoms with E-state index in [1.807, 2.05) is 32.0 Å². The van der Waals surface area contributed by atoms with Gasteiger partial charge in [0.25, 0.3) is 0 Å². The zero-order chi connectivity index (χ0) is 12.9. The number of ether oxygens (including phenoxy) is 1. The SMILES string of the molecule is CC(C)P1(=O)c2ccccc2Oc2occ(N)c21. The predicted octanol–water partition coefficient (Wildman–Crippen LogP) is 2.69. The highest BCUT2D eigenvalue weighted by molar-refractivity contribution is 7.80. The van der Waals surface area contributed by atoms with Crippen LogP contribution in [0.25, 0.3) is 0 Å². The second-order valence-corrected chi connectivity index (χ2v) is 7.93. The van der Waals surface area contributed by atoms with Gasteiger partial charge in [0.2, 0.25) is 0 Å². The largest absolute Gasteiger partial charge is 0.431 e. The lowest BCUT2D eigenvalue weighted by Crippen LogP contribution is -2.29. The summed E-state index contributed by atoms with van der Waals surface area (Å²) in [6.07, 6.45) is 1.39. The van der Waals surface area contributed by atoms with Crippen LogP contribution in [0.1, 0.15) is 13.8 Å². The van der Waals surface area contributed by atoms with E-state index in [0.29, 0.717) is 16.7 Å². The van der Waals surface area contributed by atoms with Gasteiger partial charge in [0.1, 0.15) is 17.3 Å². The average molecular weight is 263 g/mol. The molecule has 1 unspecified atom stereocenters. The molecule has 0 spiro atoms. The predicted molar refractivity (Wildman–Crippen MR) is 71.6 cm³/mol. The molecule has 2 N–H and O–H groups in total. The molecule has 0 bridgehead atoms. The van der Waals surface area contributed by atoms with Crippen LogP contribution in [0.3, 0.4) is 0 Å². The van der Waals surface area contributed by atoms with Crippen molar-refractivity contribution in [2.75, 3.05) is 5.73 Å². The van der Waals surface area contributed by atoms with Crippen LogP contribution in [0.2, 0.25) is 0 Å². The van der Waals surface area contributed by atoms with Gasteiger partial charge in [-0.15, -0.1) is 0 Å². The number of rotatable bonds is 1. The summed E-state index contributed by atoms with van der Waals surface area (Å²) in [6.45, 7) is 3.86. The maximum Gasteiger partial charge on any atom is 0.303 e. The lowest BCUT2D eigenvalue weighted by Gasteiger charge is -2.28. The van der Waals surface area contributed by atoms with Crippen LogP contribution < -0.4 is 21.1 Å². The summed E-state index contributed by atoms with van der Waals surface area (Å²) in [5, 5.41) is 1.25. The van der Waals surface area contributed by atoms with Crippen molar-refractivity contribution in [3.8, 4) is 11.7 Å². The molecule has 0 saturated heterocycles. The van der Waals surface area contributed by atoms with E-state index in [2.05, 4.69) is 0 Å². The zero-order valence-electron chi connectivity index (χ0n) is 10.2. The Morgan fingerprint density at radius 3 is 2.72 bits per heavy atom. The number of nitrogen functional groups attached to an aromatic ring is 1. The van der Waals surface area contributed by atoms with Gasteiger partial charge < -0.3 is 19.5 Å². The highest BCUT2D eigenvalue weighted by Crippen LogP contribution is 2.57. The molecule has 0 saturated carbocycles. The van der Waals surface area contributed by atoms with Gasteiger partial charge in [-0.2, -0.15) is 0 Å². The van der Waals surface area contributed by atoms with Crippen molar-refractivity contribution in [1.29, 1.82) is 0 Å². The smallest absolute Gasteiger partial charge is 0.303 e. The van der Waals surface area contributed by atoms with Crippen molar-refractivity contribution >= 4 is 23.4 Å². The molecule has 5 heteroatoms. The molecule has 94 valence electrons. The van der Waals surface area contributed by atoms with Gasteiger partial charge in [-0.3, -0.25) is 0 Å². The molecule has 1 aliphatic rings. The minimum Gasteiger partial charge on any atom is -0.431 e. The number of hydrogen-bond acceptors (Lipinski definition) is 4. The molecule has 1 aromatic heterocycles. The first kappa shape index (κ1) is 11.4.